The highest BCUT2D eigenvalue weighted by Crippen LogP contribution is 2.42. The number of carbonyl (C=O) groups is 2. The van der Waals surface area contributed by atoms with Gasteiger partial charge in [-0.3, -0.25) is 9.69 Å². The second-order valence-corrected chi connectivity index (χ2v) is 10.6. The van der Waals surface area contributed by atoms with E-state index in [0.717, 1.165) is 21.0 Å². The van der Waals surface area contributed by atoms with Gasteiger partial charge in [-0.1, -0.05) is 83.8 Å². The highest BCUT2D eigenvalue weighted by molar-refractivity contribution is 8.01. The normalized spacial score (nSPS) is 19.9. The fraction of sp³-hybridized carbons (Fsp3) is 0.217. The van der Waals surface area contributed by atoms with Crippen molar-refractivity contribution < 1.29 is 14.3 Å². The number of fused-ring (bicyclic) bond motifs is 1. The summed E-state index contributed by atoms with van der Waals surface area (Å²) in [7, 11) is 0. The van der Waals surface area contributed by atoms with Gasteiger partial charge in [0.05, 0.1) is 0 Å². The smallest absolute Gasteiger partial charge is 0.356 e. The maximum absolute atomic E-state index is 13.6. The van der Waals surface area contributed by atoms with Crippen LogP contribution in [0.15, 0.2) is 81.8 Å². The number of β-lactam (4-membered cyclic amide) rings is 1. The molecule has 2 aromatic carbocycles. The van der Waals surface area contributed by atoms with Crippen LogP contribution in [0.1, 0.15) is 17.2 Å². The van der Waals surface area contributed by atoms with E-state index in [-0.39, 0.29) is 11.3 Å². The number of ether oxygens (including phenoxy) is 1. The number of hydrogen-bond acceptors (Lipinski definition) is 9. The predicted octanol–water partition coefficient (Wildman–Crippen LogP) is 3.46. The van der Waals surface area contributed by atoms with Crippen molar-refractivity contribution in [3.63, 3.8) is 0 Å². The largest absolute Gasteiger partial charge is 0.448 e. The Morgan fingerprint density at radius 3 is 2.42 bits per heavy atom. The third kappa shape index (κ3) is 4.43. The first kappa shape index (κ1) is 22.1. The van der Waals surface area contributed by atoms with E-state index in [1.165, 1.54) is 28.0 Å². The van der Waals surface area contributed by atoms with Crippen LogP contribution >= 0.6 is 34.9 Å². The number of esters is 1. The van der Waals surface area contributed by atoms with Gasteiger partial charge in [0, 0.05) is 11.5 Å². The molecule has 1 saturated heterocycles. The summed E-state index contributed by atoms with van der Waals surface area (Å²) in [5.41, 5.74) is 10.5. The first-order valence-corrected chi connectivity index (χ1v) is 13.2. The minimum absolute atomic E-state index is 0.248. The lowest BCUT2D eigenvalue weighted by Gasteiger charge is -2.48. The summed E-state index contributed by atoms with van der Waals surface area (Å²) >= 11 is 4.50. The van der Waals surface area contributed by atoms with Crippen LogP contribution in [0.25, 0.3) is 0 Å². The molecule has 0 bridgehead atoms. The molecule has 1 amide bonds. The monoisotopic (exact) mass is 496 g/mol. The number of aromatic nitrogens is 2. The first-order chi connectivity index (χ1) is 16.1. The Balaban J connectivity index is 1.47. The lowest BCUT2D eigenvalue weighted by Crippen LogP contribution is -2.68. The van der Waals surface area contributed by atoms with Crippen LogP contribution in [0.4, 0.5) is 0 Å². The molecular weight excluding hydrogens is 476 g/mol. The molecule has 7 nitrogen and oxygen atoms in total. The van der Waals surface area contributed by atoms with Crippen LogP contribution in [-0.2, 0) is 14.3 Å². The molecule has 10 heteroatoms. The standard InChI is InChI=1S/C23H20N4O3S3/c24-17-20(28)27-18(16(11-31-21(17)27)12-32-23-26-25-13-33-23)22(29)30-19(14-7-3-1-4-8-14)15-9-5-2-6-10-15/h1-10,13,17,19,21H,11-12,24H2/t17?,21-/m1/s1. The lowest BCUT2D eigenvalue weighted by atomic mass is 10.0. The van der Waals surface area contributed by atoms with Gasteiger partial charge in [0.2, 0.25) is 5.91 Å². The zero-order valence-corrected chi connectivity index (χ0v) is 19.8. The van der Waals surface area contributed by atoms with Crippen molar-refractivity contribution in [3.05, 3.63) is 88.6 Å². The number of nitrogens with zero attached hydrogens (tertiary/aromatic N) is 3. The molecule has 0 spiro atoms. The Kier molecular flexibility index (Phi) is 6.50. The molecule has 2 atom stereocenters. The Morgan fingerprint density at radius 1 is 1.15 bits per heavy atom. The molecule has 0 saturated carbocycles. The van der Waals surface area contributed by atoms with Gasteiger partial charge in [0.25, 0.3) is 0 Å². The molecule has 0 radical (unpaired) electrons. The van der Waals surface area contributed by atoms with E-state index < -0.39 is 18.1 Å². The number of amides is 1. The van der Waals surface area contributed by atoms with Crippen molar-refractivity contribution in [3.8, 4) is 0 Å². The van der Waals surface area contributed by atoms with Crippen LogP contribution in [-0.4, -0.2) is 49.9 Å². The SMILES string of the molecule is NC1C(=O)N2C(C(=O)OC(c3ccccc3)c3ccccc3)=C(CSc3nncs3)CS[C@H]12. The zero-order chi connectivity index (χ0) is 22.8. The van der Waals surface area contributed by atoms with Gasteiger partial charge >= 0.3 is 5.97 Å². The highest BCUT2D eigenvalue weighted by atomic mass is 32.2. The van der Waals surface area contributed by atoms with E-state index in [0.29, 0.717) is 17.2 Å². The maximum Gasteiger partial charge on any atom is 0.356 e. The third-order valence-corrected chi connectivity index (χ3v) is 8.73. The van der Waals surface area contributed by atoms with Gasteiger partial charge in [-0.2, -0.15) is 0 Å². The van der Waals surface area contributed by atoms with Gasteiger partial charge in [0.15, 0.2) is 10.4 Å². The van der Waals surface area contributed by atoms with Gasteiger partial charge in [-0.15, -0.1) is 22.0 Å². The van der Waals surface area contributed by atoms with E-state index >= 15 is 0 Å². The van der Waals surface area contributed by atoms with E-state index in [1.54, 1.807) is 17.3 Å². The summed E-state index contributed by atoms with van der Waals surface area (Å²) in [4.78, 5) is 27.7. The molecule has 3 heterocycles. The fourth-order valence-electron chi connectivity index (χ4n) is 3.80. The number of hydrogen-bond donors (Lipinski definition) is 1. The Morgan fingerprint density at radius 2 is 1.82 bits per heavy atom. The Hall–Kier alpha value is -2.66. The van der Waals surface area contributed by atoms with E-state index in [9.17, 15) is 9.59 Å². The summed E-state index contributed by atoms with van der Waals surface area (Å²) < 4.78 is 6.90. The summed E-state index contributed by atoms with van der Waals surface area (Å²) in [5.74, 6) is 0.332. The minimum atomic E-state index is -0.603. The lowest BCUT2D eigenvalue weighted by molar-refractivity contribution is -0.153. The molecule has 1 aromatic heterocycles. The topological polar surface area (TPSA) is 98.4 Å². The van der Waals surface area contributed by atoms with Crippen molar-refractivity contribution in [2.45, 2.75) is 21.9 Å². The quantitative estimate of drug-likeness (QED) is 0.302. The van der Waals surface area contributed by atoms with Gasteiger partial charge in [-0.25, -0.2) is 4.79 Å². The van der Waals surface area contributed by atoms with E-state index in [1.807, 2.05) is 60.7 Å². The first-order valence-electron chi connectivity index (χ1n) is 10.3. The molecule has 0 aliphatic carbocycles. The number of thioether (sulfide) groups is 2. The van der Waals surface area contributed by atoms with Gasteiger partial charge in [-0.05, 0) is 16.7 Å². The molecule has 2 aliphatic heterocycles. The number of nitrogens with two attached hydrogens (primary N) is 1. The summed E-state index contributed by atoms with van der Waals surface area (Å²) in [6.07, 6.45) is -0.595. The van der Waals surface area contributed by atoms with Crippen molar-refractivity contribution in [2.75, 3.05) is 11.5 Å². The molecule has 5 rings (SSSR count). The summed E-state index contributed by atoms with van der Waals surface area (Å²) in [6, 6.07) is 18.6. The Labute approximate surface area is 203 Å². The van der Waals surface area contributed by atoms with Crippen LogP contribution < -0.4 is 5.73 Å². The van der Waals surface area contributed by atoms with Crippen LogP contribution in [0.2, 0.25) is 0 Å². The van der Waals surface area contributed by atoms with E-state index in [2.05, 4.69) is 10.2 Å². The molecule has 3 aromatic rings. The molecule has 2 N–H and O–H groups in total. The molecule has 2 aliphatic rings. The number of rotatable bonds is 7. The number of benzene rings is 2. The fourth-order valence-corrected chi connectivity index (χ4v) is 6.72. The van der Waals surface area contributed by atoms with Gasteiger partial charge in [0.1, 0.15) is 22.6 Å². The molecule has 168 valence electrons. The maximum atomic E-state index is 13.6. The van der Waals surface area contributed by atoms with Crippen molar-refractivity contribution in [1.82, 2.24) is 15.1 Å². The molecule has 1 fully saturated rings. The van der Waals surface area contributed by atoms with Crippen molar-refractivity contribution >= 4 is 46.7 Å². The predicted molar refractivity (Wildman–Crippen MR) is 130 cm³/mol. The highest BCUT2D eigenvalue weighted by Gasteiger charge is 2.52. The van der Waals surface area contributed by atoms with E-state index in [4.69, 9.17) is 10.5 Å². The second-order valence-electron chi connectivity index (χ2n) is 7.49. The number of carbonyl (C=O) groups excluding carboxylic acids is 2. The minimum Gasteiger partial charge on any atom is -0.448 e. The second kappa shape index (κ2) is 9.68. The molecular formula is C23H20N4O3S3. The van der Waals surface area contributed by atoms with Crippen LogP contribution in [0, 0.1) is 0 Å². The summed E-state index contributed by atoms with van der Waals surface area (Å²) in [5, 5.41) is 7.67. The average molecular weight is 497 g/mol. The third-order valence-electron chi connectivity index (χ3n) is 5.42. The summed E-state index contributed by atoms with van der Waals surface area (Å²) in [6.45, 7) is 0. The zero-order valence-electron chi connectivity index (χ0n) is 17.4. The average Bonchev–Trinajstić information content (AvgIpc) is 3.39. The van der Waals surface area contributed by atoms with Crippen molar-refractivity contribution in [2.24, 2.45) is 5.73 Å². The van der Waals surface area contributed by atoms with Crippen molar-refractivity contribution in [1.29, 1.82) is 0 Å². The van der Waals surface area contributed by atoms with Crippen LogP contribution in [0.5, 0.6) is 0 Å². The van der Waals surface area contributed by atoms with Crippen LogP contribution in [0.3, 0.4) is 0 Å². The Bertz CT molecular complexity index is 1130. The van der Waals surface area contributed by atoms with Gasteiger partial charge < -0.3 is 10.5 Å². The molecule has 33 heavy (non-hydrogen) atoms. The molecule has 1 unspecified atom stereocenters.